The summed E-state index contributed by atoms with van der Waals surface area (Å²) in [5.41, 5.74) is 2.05. The number of pyridine rings is 1. The van der Waals surface area contributed by atoms with Crippen molar-refractivity contribution in [1.82, 2.24) is 9.88 Å². The lowest BCUT2D eigenvalue weighted by Crippen LogP contribution is -2.28. The maximum atomic E-state index is 13.3. The molecule has 0 radical (unpaired) electrons. The number of halogens is 1. The highest BCUT2D eigenvalue weighted by Crippen LogP contribution is 2.47. The van der Waals surface area contributed by atoms with Gasteiger partial charge in [0, 0.05) is 18.0 Å². The van der Waals surface area contributed by atoms with Crippen LogP contribution < -0.4 is 0 Å². The molecule has 0 spiro atoms. The van der Waals surface area contributed by atoms with Crippen LogP contribution in [-0.4, -0.2) is 26.8 Å². The van der Waals surface area contributed by atoms with E-state index in [9.17, 15) is 4.39 Å². The van der Waals surface area contributed by atoms with Crippen molar-refractivity contribution in [3.05, 3.63) is 65.7 Å². The van der Waals surface area contributed by atoms with Gasteiger partial charge in [0.2, 0.25) is 0 Å². The third-order valence-corrected chi connectivity index (χ3v) is 5.19. The Morgan fingerprint density at radius 2 is 2.00 bits per heavy atom. The normalized spacial score (nSPS) is 26.9. The molecule has 2 aromatic rings. The van der Waals surface area contributed by atoms with Crippen LogP contribution in [0.4, 0.5) is 4.39 Å². The van der Waals surface area contributed by atoms with Gasteiger partial charge >= 0.3 is 0 Å². The molecule has 1 aromatic carbocycles. The van der Waals surface area contributed by atoms with Gasteiger partial charge in [-0.15, -0.1) is 0 Å². The molecular formula is C17H16FN3S. The Hall–Kier alpha value is -1.88. The summed E-state index contributed by atoms with van der Waals surface area (Å²) in [6.07, 6.45) is 1.80. The second-order valence-electron chi connectivity index (χ2n) is 5.69. The Morgan fingerprint density at radius 3 is 2.73 bits per heavy atom. The molecule has 0 bridgehead atoms. The smallest absolute Gasteiger partial charge is 0.160 e. The van der Waals surface area contributed by atoms with Crippen LogP contribution in [0.15, 0.2) is 53.7 Å². The lowest BCUT2D eigenvalue weighted by Gasteiger charge is -2.27. The highest BCUT2D eigenvalue weighted by Gasteiger charge is 2.43. The summed E-state index contributed by atoms with van der Waals surface area (Å²) in [4.78, 5) is 11.7. The van der Waals surface area contributed by atoms with Crippen molar-refractivity contribution < 1.29 is 4.39 Å². The summed E-state index contributed by atoms with van der Waals surface area (Å²) in [5.74, 6) is -0.207. The average Bonchev–Trinajstić information content (AvgIpc) is 3.05. The molecule has 3 nitrogen and oxygen atoms in total. The third kappa shape index (κ3) is 2.29. The van der Waals surface area contributed by atoms with Crippen LogP contribution in [0.2, 0.25) is 0 Å². The minimum absolute atomic E-state index is 0.0262. The molecule has 0 amide bonds. The largest absolute Gasteiger partial charge is 0.341 e. The van der Waals surface area contributed by atoms with Crippen LogP contribution >= 0.6 is 11.8 Å². The molecular weight excluding hydrogens is 297 g/mol. The van der Waals surface area contributed by atoms with Crippen molar-refractivity contribution in [3.63, 3.8) is 0 Å². The van der Waals surface area contributed by atoms with Gasteiger partial charge in [-0.2, -0.15) is 0 Å². The zero-order valence-corrected chi connectivity index (χ0v) is 13.0. The first-order valence-electron chi connectivity index (χ1n) is 7.40. The number of nitrogens with zero attached hydrogens (tertiary/aromatic N) is 3. The molecule has 0 N–H and O–H groups in total. The van der Waals surface area contributed by atoms with Gasteiger partial charge in [-0.3, -0.25) is 9.98 Å². The van der Waals surface area contributed by atoms with E-state index in [1.807, 2.05) is 42.1 Å². The Morgan fingerprint density at radius 1 is 1.18 bits per heavy atom. The highest BCUT2D eigenvalue weighted by molar-refractivity contribution is 8.14. The SMILES string of the molecule is C[C@@H]1CN2C(=N[C@H](c3ccccn3)[C@H]2c2ccc(F)cc2)S1. The topological polar surface area (TPSA) is 28.5 Å². The van der Waals surface area contributed by atoms with Gasteiger partial charge in [0.15, 0.2) is 5.17 Å². The lowest BCUT2D eigenvalue weighted by atomic mass is 9.96. The standard InChI is InChI=1S/C17H16FN3S/c1-11-10-21-16(12-5-7-13(18)8-6-12)15(20-17(21)22-11)14-4-2-3-9-19-14/h2-9,11,15-16H,10H2,1H3/t11-,15-,16-/m1/s1. The summed E-state index contributed by atoms with van der Waals surface area (Å²) in [6.45, 7) is 3.18. The molecule has 0 aliphatic carbocycles. The summed E-state index contributed by atoms with van der Waals surface area (Å²) in [5, 5.41) is 1.61. The van der Waals surface area contributed by atoms with Crippen LogP contribution in [0.5, 0.6) is 0 Å². The summed E-state index contributed by atoms with van der Waals surface area (Å²) < 4.78 is 13.3. The minimum Gasteiger partial charge on any atom is -0.341 e. The molecule has 112 valence electrons. The molecule has 0 unspecified atom stereocenters. The van der Waals surface area contributed by atoms with Crippen molar-refractivity contribution >= 4 is 16.9 Å². The van der Waals surface area contributed by atoms with E-state index in [-0.39, 0.29) is 17.9 Å². The second-order valence-corrected chi connectivity index (χ2v) is 7.09. The zero-order valence-electron chi connectivity index (χ0n) is 12.2. The molecule has 1 saturated heterocycles. The molecule has 4 rings (SSSR count). The molecule has 1 aromatic heterocycles. The number of fused-ring (bicyclic) bond motifs is 1. The first kappa shape index (κ1) is 13.8. The van der Waals surface area contributed by atoms with Gasteiger partial charge in [-0.25, -0.2) is 4.39 Å². The van der Waals surface area contributed by atoms with Gasteiger partial charge in [0.25, 0.3) is 0 Å². The number of hydrogen-bond donors (Lipinski definition) is 0. The van der Waals surface area contributed by atoms with Crippen molar-refractivity contribution in [2.75, 3.05) is 6.54 Å². The molecule has 3 heterocycles. The minimum atomic E-state index is -0.207. The Bertz CT molecular complexity index is 702. The summed E-state index contributed by atoms with van der Waals surface area (Å²) in [7, 11) is 0. The second kappa shape index (κ2) is 5.39. The molecule has 0 saturated carbocycles. The van der Waals surface area contributed by atoms with Crippen molar-refractivity contribution in [1.29, 1.82) is 0 Å². The monoisotopic (exact) mass is 313 g/mol. The molecule has 2 aliphatic rings. The lowest BCUT2D eigenvalue weighted by molar-refractivity contribution is 0.321. The van der Waals surface area contributed by atoms with Gasteiger partial charge in [-0.1, -0.05) is 36.9 Å². The Kier molecular flexibility index (Phi) is 3.37. The predicted octanol–water partition coefficient (Wildman–Crippen LogP) is 3.81. The van der Waals surface area contributed by atoms with E-state index in [1.165, 1.54) is 12.1 Å². The van der Waals surface area contributed by atoms with Crippen molar-refractivity contribution in [2.45, 2.75) is 24.3 Å². The van der Waals surface area contributed by atoms with Gasteiger partial charge in [0.1, 0.15) is 11.9 Å². The average molecular weight is 313 g/mol. The van der Waals surface area contributed by atoms with Crippen LogP contribution in [0, 0.1) is 5.82 Å². The van der Waals surface area contributed by atoms with Gasteiger partial charge in [0.05, 0.1) is 11.7 Å². The fourth-order valence-electron chi connectivity index (χ4n) is 3.14. The highest BCUT2D eigenvalue weighted by atomic mass is 32.2. The predicted molar refractivity (Wildman–Crippen MR) is 87.3 cm³/mol. The molecule has 1 fully saturated rings. The number of thioether (sulfide) groups is 1. The number of rotatable bonds is 2. The maximum Gasteiger partial charge on any atom is 0.160 e. The van der Waals surface area contributed by atoms with Gasteiger partial charge < -0.3 is 4.90 Å². The van der Waals surface area contributed by atoms with E-state index in [0.717, 1.165) is 23.0 Å². The van der Waals surface area contributed by atoms with E-state index >= 15 is 0 Å². The van der Waals surface area contributed by atoms with Crippen molar-refractivity contribution in [3.8, 4) is 0 Å². The maximum absolute atomic E-state index is 13.3. The molecule has 3 atom stereocenters. The van der Waals surface area contributed by atoms with Crippen molar-refractivity contribution in [2.24, 2.45) is 4.99 Å². The molecule has 2 aliphatic heterocycles. The summed E-state index contributed by atoms with van der Waals surface area (Å²) >= 11 is 1.81. The number of aromatic nitrogens is 1. The van der Waals surface area contributed by atoms with E-state index in [1.54, 1.807) is 6.20 Å². The number of aliphatic imine (C=N–C) groups is 1. The van der Waals surface area contributed by atoms with E-state index in [0.29, 0.717) is 5.25 Å². The molecule has 22 heavy (non-hydrogen) atoms. The zero-order chi connectivity index (χ0) is 15.1. The van der Waals surface area contributed by atoms with Crippen LogP contribution in [0.25, 0.3) is 0 Å². The fourth-order valence-corrected chi connectivity index (χ4v) is 4.23. The Balaban J connectivity index is 1.76. The van der Waals surface area contributed by atoms with Gasteiger partial charge in [-0.05, 0) is 29.8 Å². The third-order valence-electron chi connectivity index (χ3n) is 4.09. The molecule has 5 heteroatoms. The van der Waals surface area contributed by atoms with E-state index in [2.05, 4.69) is 16.8 Å². The summed E-state index contributed by atoms with van der Waals surface area (Å²) in [6, 6.07) is 12.8. The van der Waals surface area contributed by atoms with Crippen LogP contribution in [0.3, 0.4) is 0 Å². The first-order valence-corrected chi connectivity index (χ1v) is 8.28. The van der Waals surface area contributed by atoms with Crippen LogP contribution in [-0.2, 0) is 0 Å². The quantitative estimate of drug-likeness (QED) is 0.844. The van der Waals surface area contributed by atoms with E-state index in [4.69, 9.17) is 4.99 Å². The first-order chi connectivity index (χ1) is 10.7. The van der Waals surface area contributed by atoms with E-state index < -0.39 is 0 Å². The van der Waals surface area contributed by atoms with Crippen LogP contribution in [0.1, 0.15) is 30.3 Å². The number of hydrogen-bond acceptors (Lipinski definition) is 4. The Labute approximate surface area is 133 Å². The fraction of sp³-hybridized carbons (Fsp3) is 0.294. The number of amidine groups is 1. The number of benzene rings is 1.